The van der Waals surface area contributed by atoms with Crippen LogP contribution in [0.5, 0.6) is 5.75 Å². The summed E-state index contributed by atoms with van der Waals surface area (Å²) in [6, 6.07) is 14.9. The van der Waals surface area contributed by atoms with Crippen LogP contribution in [0, 0.1) is 0 Å². The van der Waals surface area contributed by atoms with E-state index in [0.29, 0.717) is 6.54 Å². The number of hydrogen-bond acceptors (Lipinski definition) is 3. The van der Waals surface area contributed by atoms with E-state index in [0.717, 1.165) is 17.7 Å². The van der Waals surface area contributed by atoms with Crippen molar-refractivity contribution in [1.29, 1.82) is 0 Å². The van der Waals surface area contributed by atoms with Gasteiger partial charge in [-0.1, -0.05) is 24.3 Å². The zero-order chi connectivity index (χ0) is 17.8. The third-order valence-electron chi connectivity index (χ3n) is 4.51. The Morgan fingerprint density at radius 1 is 1.24 bits per heavy atom. The SMILES string of the molecule is CC=C(C)C(=O)NCC1Cc2cc(-c3ccc(SC)cc3)ccc2O1. The first-order chi connectivity index (χ1) is 12.1. The number of hydrogen-bond donors (Lipinski definition) is 1. The Morgan fingerprint density at radius 3 is 2.64 bits per heavy atom. The molecule has 0 saturated carbocycles. The van der Waals surface area contributed by atoms with E-state index in [4.69, 9.17) is 4.74 Å². The fourth-order valence-electron chi connectivity index (χ4n) is 2.87. The Kier molecular flexibility index (Phi) is 5.49. The average molecular weight is 353 g/mol. The summed E-state index contributed by atoms with van der Waals surface area (Å²) < 4.78 is 5.96. The lowest BCUT2D eigenvalue weighted by atomic mass is 10.0. The predicted molar refractivity (Wildman–Crippen MR) is 104 cm³/mol. The van der Waals surface area contributed by atoms with Gasteiger partial charge >= 0.3 is 0 Å². The predicted octanol–water partition coefficient (Wildman–Crippen LogP) is 4.46. The molecule has 0 bridgehead atoms. The van der Waals surface area contributed by atoms with Crippen LogP contribution >= 0.6 is 11.8 Å². The summed E-state index contributed by atoms with van der Waals surface area (Å²) in [6.45, 7) is 4.20. The molecule has 1 aliphatic heterocycles. The van der Waals surface area contributed by atoms with Crippen LogP contribution < -0.4 is 10.1 Å². The fourth-order valence-corrected chi connectivity index (χ4v) is 3.28. The largest absolute Gasteiger partial charge is 0.488 e. The van der Waals surface area contributed by atoms with Gasteiger partial charge in [0.25, 0.3) is 0 Å². The normalized spacial score (nSPS) is 16.3. The third-order valence-corrected chi connectivity index (χ3v) is 5.25. The number of benzene rings is 2. The molecule has 4 heteroatoms. The van der Waals surface area contributed by atoms with Gasteiger partial charge in [-0.2, -0.15) is 0 Å². The standard InChI is InChI=1S/C21H23NO2S/c1-4-14(2)21(23)22-13-18-12-17-11-16(7-10-20(17)24-18)15-5-8-19(25-3)9-6-15/h4-11,18H,12-13H2,1-3H3,(H,22,23). The smallest absolute Gasteiger partial charge is 0.246 e. The van der Waals surface area contributed by atoms with Gasteiger partial charge in [-0.15, -0.1) is 11.8 Å². The highest BCUT2D eigenvalue weighted by molar-refractivity contribution is 7.98. The van der Waals surface area contributed by atoms with Crippen molar-refractivity contribution in [3.05, 3.63) is 59.7 Å². The number of thioether (sulfide) groups is 1. The van der Waals surface area contributed by atoms with Crippen molar-refractivity contribution in [2.75, 3.05) is 12.8 Å². The highest BCUT2D eigenvalue weighted by Crippen LogP contribution is 2.33. The van der Waals surface area contributed by atoms with Crippen molar-refractivity contribution < 1.29 is 9.53 Å². The van der Waals surface area contributed by atoms with Gasteiger partial charge in [0.15, 0.2) is 0 Å². The lowest BCUT2D eigenvalue weighted by Gasteiger charge is -2.11. The van der Waals surface area contributed by atoms with E-state index in [9.17, 15) is 4.79 Å². The molecule has 25 heavy (non-hydrogen) atoms. The first-order valence-corrected chi connectivity index (χ1v) is 9.68. The number of allylic oxidation sites excluding steroid dienone is 1. The topological polar surface area (TPSA) is 38.3 Å². The van der Waals surface area contributed by atoms with Gasteiger partial charge in [0.2, 0.25) is 5.91 Å². The molecule has 2 aromatic rings. The van der Waals surface area contributed by atoms with E-state index in [1.165, 1.54) is 21.6 Å². The Hall–Kier alpha value is -2.20. The highest BCUT2D eigenvalue weighted by atomic mass is 32.2. The van der Waals surface area contributed by atoms with Gasteiger partial charge in [0, 0.05) is 16.9 Å². The zero-order valence-electron chi connectivity index (χ0n) is 14.8. The van der Waals surface area contributed by atoms with Gasteiger partial charge in [-0.05, 0) is 61.1 Å². The average Bonchev–Trinajstić information content (AvgIpc) is 3.07. The van der Waals surface area contributed by atoms with Crippen LogP contribution in [0.25, 0.3) is 11.1 Å². The number of amides is 1. The van der Waals surface area contributed by atoms with Gasteiger partial charge in [0.1, 0.15) is 11.9 Å². The first kappa shape index (κ1) is 17.6. The molecule has 130 valence electrons. The van der Waals surface area contributed by atoms with E-state index >= 15 is 0 Å². The number of ether oxygens (including phenoxy) is 1. The van der Waals surface area contributed by atoms with Crippen LogP contribution in [0.15, 0.2) is 59.0 Å². The second-order valence-electron chi connectivity index (χ2n) is 6.18. The van der Waals surface area contributed by atoms with Crippen LogP contribution in [0.1, 0.15) is 19.4 Å². The molecule has 0 fully saturated rings. The fraction of sp³-hybridized carbons (Fsp3) is 0.286. The van der Waals surface area contributed by atoms with Crippen molar-refractivity contribution in [2.24, 2.45) is 0 Å². The summed E-state index contributed by atoms with van der Waals surface area (Å²) in [5.74, 6) is 0.892. The Labute approximate surface area is 153 Å². The molecule has 3 nitrogen and oxygen atoms in total. The molecule has 1 aliphatic rings. The second-order valence-corrected chi connectivity index (χ2v) is 7.06. The summed E-state index contributed by atoms with van der Waals surface area (Å²) in [5.41, 5.74) is 4.34. The summed E-state index contributed by atoms with van der Waals surface area (Å²) in [5, 5.41) is 2.93. The molecule has 1 unspecified atom stereocenters. The number of carbonyl (C=O) groups excluding carboxylic acids is 1. The monoisotopic (exact) mass is 353 g/mol. The molecule has 1 heterocycles. The lowest BCUT2D eigenvalue weighted by molar-refractivity contribution is -0.117. The van der Waals surface area contributed by atoms with E-state index in [2.05, 4.69) is 48.0 Å². The maximum absolute atomic E-state index is 11.9. The Bertz CT molecular complexity index is 796. The minimum absolute atomic E-state index is 0.00211. The molecule has 1 atom stereocenters. The van der Waals surface area contributed by atoms with E-state index in [1.807, 2.05) is 26.0 Å². The highest BCUT2D eigenvalue weighted by Gasteiger charge is 2.23. The minimum Gasteiger partial charge on any atom is -0.488 e. The number of rotatable bonds is 5. The molecule has 0 aliphatic carbocycles. The Morgan fingerprint density at radius 2 is 1.96 bits per heavy atom. The number of fused-ring (bicyclic) bond motifs is 1. The van der Waals surface area contributed by atoms with E-state index in [1.54, 1.807) is 11.8 Å². The van der Waals surface area contributed by atoms with Crippen molar-refractivity contribution in [3.8, 4) is 16.9 Å². The van der Waals surface area contributed by atoms with Crippen molar-refractivity contribution >= 4 is 17.7 Å². The molecule has 2 aromatic carbocycles. The number of carbonyl (C=O) groups is 1. The summed E-state index contributed by atoms with van der Waals surface area (Å²) in [6.07, 6.45) is 4.71. The molecule has 1 N–H and O–H groups in total. The van der Waals surface area contributed by atoms with Crippen LogP contribution in [-0.2, 0) is 11.2 Å². The van der Waals surface area contributed by atoms with E-state index in [-0.39, 0.29) is 12.0 Å². The van der Waals surface area contributed by atoms with Crippen LogP contribution in [0.2, 0.25) is 0 Å². The van der Waals surface area contributed by atoms with Crippen molar-refractivity contribution in [3.63, 3.8) is 0 Å². The molecule has 1 amide bonds. The molecule has 0 radical (unpaired) electrons. The molecular weight excluding hydrogens is 330 g/mol. The summed E-state index contributed by atoms with van der Waals surface area (Å²) in [4.78, 5) is 13.1. The summed E-state index contributed by atoms with van der Waals surface area (Å²) in [7, 11) is 0. The van der Waals surface area contributed by atoms with Gasteiger partial charge < -0.3 is 10.1 Å². The lowest BCUT2D eigenvalue weighted by Crippen LogP contribution is -2.34. The van der Waals surface area contributed by atoms with Crippen LogP contribution in [0.3, 0.4) is 0 Å². The van der Waals surface area contributed by atoms with Crippen LogP contribution in [-0.4, -0.2) is 24.8 Å². The molecular formula is C21H23NO2S. The minimum atomic E-state index is -0.0309. The van der Waals surface area contributed by atoms with Gasteiger partial charge in [0.05, 0.1) is 6.54 Å². The summed E-state index contributed by atoms with van der Waals surface area (Å²) >= 11 is 1.75. The van der Waals surface area contributed by atoms with Crippen LogP contribution in [0.4, 0.5) is 0 Å². The maximum Gasteiger partial charge on any atom is 0.246 e. The zero-order valence-corrected chi connectivity index (χ0v) is 15.7. The van der Waals surface area contributed by atoms with Gasteiger partial charge in [-0.25, -0.2) is 0 Å². The van der Waals surface area contributed by atoms with Crippen molar-refractivity contribution in [1.82, 2.24) is 5.32 Å². The second kappa shape index (κ2) is 7.79. The maximum atomic E-state index is 11.9. The first-order valence-electron chi connectivity index (χ1n) is 8.46. The van der Waals surface area contributed by atoms with E-state index < -0.39 is 0 Å². The number of nitrogens with one attached hydrogen (secondary N) is 1. The van der Waals surface area contributed by atoms with Crippen molar-refractivity contribution in [2.45, 2.75) is 31.3 Å². The molecule has 0 aromatic heterocycles. The third kappa shape index (κ3) is 4.07. The quantitative estimate of drug-likeness (QED) is 0.637. The molecule has 0 saturated heterocycles. The van der Waals surface area contributed by atoms with Gasteiger partial charge in [-0.3, -0.25) is 4.79 Å². The molecule has 0 spiro atoms. The Balaban J connectivity index is 1.67. The molecule has 3 rings (SSSR count).